The number of amides is 2. The standard InChI is InChI=1S/C18H24N4O3S/c1-12-3-6-22(7-4-12)9-15-11-26-18(20-15)21-16(23)13(2)19-17(24)14-5-8-25-10-14/h5,8,10-13H,3-4,6-7,9H2,1-2H3,(H,19,24)(H,20,21,23). The molecule has 7 nitrogen and oxygen atoms in total. The van der Waals surface area contributed by atoms with Gasteiger partial charge in [-0.3, -0.25) is 14.5 Å². The number of hydrogen-bond acceptors (Lipinski definition) is 6. The second kappa shape index (κ2) is 8.46. The van der Waals surface area contributed by atoms with Crippen LogP contribution in [0.5, 0.6) is 0 Å². The highest BCUT2D eigenvalue weighted by atomic mass is 32.1. The highest BCUT2D eigenvalue weighted by Crippen LogP contribution is 2.21. The SMILES string of the molecule is CC1CCN(Cc2csc(NC(=O)C(C)NC(=O)c3ccoc3)n2)CC1. The summed E-state index contributed by atoms with van der Waals surface area (Å²) >= 11 is 1.40. The van der Waals surface area contributed by atoms with Crippen LogP contribution in [0.2, 0.25) is 0 Å². The maximum Gasteiger partial charge on any atom is 0.255 e. The van der Waals surface area contributed by atoms with Gasteiger partial charge in [0.15, 0.2) is 5.13 Å². The molecule has 0 aromatic carbocycles. The fourth-order valence-corrected chi connectivity index (χ4v) is 3.54. The van der Waals surface area contributed by atoms with Crippen molar-refractivity contribution in [3.8, 4) is 0 Å². The number of furan rings is 1. The highest BCUT2D eigenvalue weighted by molar-refractivity contribution is 7.13. The molecule has 1 saturated heterocycles. The normalized spacial score (nSPS) is 17.0. The molecule has 0 radical (unpaired) electrons. The second-order valence-corrected chi connectivity index (χ2v) is 7.66. The minimum atomic E-state index is -0.673. The number of carbonyl (C=O) groups excluding carboxylic acids is 2. The number of aromatic nitrogens is 1. The lowest BCUT2D eigenvalue weighted by atomic mass is 9.99. The van der Waals surface area contributed by atoms with Crippen molar-refractivity contribution in [1.82, 2.24) is 15.2 Å². The van der Waals surface area contributed by atoms with Crippen LogP contribution in [-0.4, -0.2) is 40.8 Å². The number of piperidine rings is 1. The minimum absolute atomic E-state index is 0.297. The molecule has 0 bridgehead atoms. The second-order valence-electron chi connectivity index (χ2n) is 6.80. The first-order chi connectivity index (χ1) is 12.5. The van der Waals surface area contributed by atoms with Crippen LogP contribution in [0, 0.1) is 5.92 Å². The number of nitrogens with zero attached hydrogens (tertiary/aromatic N) is 2. The zero-order chi connectivity index (χ0) is 18.5. The van der Waals surface area contributed by atoms with Crippen molar-refractivity contribution in [2.45, 2.75) is 39.3 Å². The van der Waals surface area contributed by atoms with Gasteiger partial charge in [-0.25, -0.2) is 4.98 Å². The molecule has 140 valence electrons. The number of anilines is 1. The number of hydrogen-bond donors (Lipinski definition) is 2. The number of nitrogens with one attached hydrogen (secondary N) is 2. The van der Waals surface area contributed by atoms with Crippen molar-refractivity contribution in [2.75, 3.05) is 18.4 Å². The van der Waals surface area contributed by atoms with Crippen molar-refractivity contribution in [3.63, 3.8) is 0 Å². The Morgan fingerprint density at radius 3 is 2.88 bits per heavy atom. The third-order valence-electron chi connectivity index (χ3n) is 4.57. The van der Waals surface area contributed by atoms with Crippen molar-refractivity contribution in [1.29, 1.82) is 0 Å². The van der Waals surface area contributed by atoms with Crippen molar-refractivity contribution < 1.29 is 14.0 Å². The van der Waals surface area contributed by atoms with E-state index in [1.807, 2.05) is 5.38 Å². The quantitative estimate of drug-likeness (QED) is 0.809. The van der Waals surface area contributed by atoms with E-state index in [0.717, 1.165) is 31.2 Å². The summed E-state index contributed by atoms with van der Waals surface area (Å²) < 4.78 is 4.87. The fraction of sp³-hybridized carbons (Fsp3) is 0.500. The van der Waals surface area contributed by atoms with E-state index in [-0.39, 0.29) is 11.8 Å². The van der Waals surface area contributed by atoms with E-state index >= 15 is 0 Å². The molecule has 1 fully saturated rings. The van der Waals surface area contributed by atoms with E-state index in [4.69, 9.17) is 4.42 Å². The largest absolute Gasteiger partial charge is 0.472 e. The Hall–Kier alpha value is -2.19. The first-order valence-electron chi connectivity index (χ1n) is 8.82. The molecule has 3 rings (SSSR count). The average molecular weight is 376 g/mol. The van der Waals surface area contributed by atoms with Gasteiger partial charge in [-0.15, -0.1) is 11.3 Å². The predicted octanol–water partition coefficient (Wildman–Crippen LogP) is 2.73. The van der Waals surface area contributed by atoms with Crippen LogP contribution in [0.3, 0.4) is 0 Å². The maximum absolute atomic E-state index is 12.3. The summed E-state index contributed by atoms with van der Waals surface area (Å²) in [5.74, 6) is 0.158. The Bertz CT molecular complexity index is 735. The lowest BCUT2D eigenvalue weighted by molar-refractivity contribution is -0.117. The van der Waals surface area contributed by atoms with Gasteiger partial charge >= 0.3 is 0 Å². The lowest BCUT2D eigenvalue weighted by Crippen LogP contribution is -2.41. The van der Waals surface area contributed by atoms with Crippen LogP contribution in [0.4, 0.5) is 5.13 Å². The van der Waals surface area contributed by atoms with Crippen LogP contribution in [0.1, 0.15) is 42.7 Å². The van der Waals surface area contributed by atoms with Gasteiger partial charge in [0.05, 0.1) is 17.5 Å². The molecule has 3 heterocycles. The van der Waals surface area contributed by atoms with Crippen molar-refractivity contribution in [3.05, 3.63) is 35.2 Å². The summed E-state index contributed by atoms with van der Waals surface area (Å²) in [5.41, 5.74) is 1.35. The van der Waals surface area contributed by atoms with Crippen LogP contribution in [0.25, 0.3) is 0 Å². The van der Waals surface area contributed by atoms with E-state index in [2.05, 4.69) is 27.4 Å². The Morgan fingerprint density at radius 1 is 1.42 bits per heavy atom. The first-order valence-corrected chi connectivity index (χ1v) is 9.70. The summed E-state index contributed by atoms with van der Waals surface area (Å²) in [6.07, 6.45) is 5.21. The predicted molar refractivity (Wildman–Crippen MR) is 100 cm³/mol. The molecule has 2 aromatic heterocycles. The lowest BCUT2D eigenvalue weighted by Gasteiger charge is -2.29. The molecule has 1 atom stereocenters. The highest BCUT2D eigenvalue weighted by Gasteiger charge is 2.20. The zero-order valence-corrected chi connectivity index (χ0v) is 15.8. The molecule has 26 heavy (non-hydrogen) atoms. The van der Waals surface area contributed by atoms with Crippen LogP contribution in [-0.2, 0) is 11.3 Å². The molecule has 2 amide bonds. The molecule has 0 saturated carbocycles. The average Bonchev–Trinajstić information content (AvgIpc) is 3.29. The molecule has 2 N–H and O–H groups in total. The van der Waals surface area contributed by atoms with Gasteiger partial charge in [-0.05, 0) is 44.8 Å². The summed E-state index contributed by atoms with van der Waals surface area (Å²) in [6.45, 7) is 6.93. The molecular formula is C18H24N4O3S. The third kappa shape index (κ3) is 4.92. The number of carbonyl (C=O) groups is 2. The van der Waals surface area contributed by atoms with Crippen LogP contribution < -0.4 is 10.6 Å². The van der Waals surface area contributed by atoms with Crippen molar-refractivity contribution >= 4 is 28.3 Å². The Labute approximate surface area is 156 Å². The van der Waals surface area contributed by atoms with Gasteiger partial charge in [0, 0.05) is 11.9 Å². The topological polar surface area (TPSA) is 87.5 Å². The van der Waals surface area contributed by atoms with Gasteiger partial charge in [0.2, 0.25) is 5.91 Å². The third-order valence-corrected chi connectivity index (χ3v) is 5.37. The maximum atomic E-state index is 12.3. The Balaban J connectivity index is 1.48. The van der Waals surface area contributed by atoms with Gasteiger partial charge in [0.25, 0.3) is 5.91 Å². The zero-order valence-electron chi connectivity index (χ0n) is 15.0. The summed E-state index contributed by atoms with van der Waals surface area (Å²) in [5, 5.41) is 7.94. The summed E-state index contributed by atoms with van der Waals surface area (Å²) in [6, 6.07) is 0.877. The van der Waals surface area contributed by atoms with Crippen LogP contribution in [0.15, 0.2) is 28.4 Å². The summed E-state index contributed by atoms with van der Waals surface area (Å²) in [7, 11) is 0. The minimum Gasteiger partial charge on any atom is -0.472 e. The first kappa shape index (κ1) is 18.6. The van der Waals surface area contributed by atoms with E-state index in [0.29, 0.717) is 10.7 Å². The van der Waals surface area contributed by atoms with Gasteiger partial charge in [-0.2, -0.15) is 0 Å². The van der Waals surface area contributed by atoms with Gasteiger partial charge in [-0.1, -0.05) is 6.92 Å². The molecule has 1 unspecified atom stereocenters. The van der Waals surface area contributed by atoms with E-state index in [9.17, 15) is 9.59 Å². The van der Waals surface area contributed by atoms with E-state index in [1.54, 1.807) is 13.0 Å². The van der Waals surface area contributed by atoms with Gasteiger partial charge < -0.3 is 15.1 Å². The smallest absolute Gasteiger partial charge is 0.255 e. The number of thiazole rings is 1. The Morgan fingerprint density at radius 2 is 2.19 bits per heavy atom. The molecule has 1 aliphatic heterocycles. The van der Waals surface area contributed by atoms with Gasteiger partial charge in [0.1, 0.15) is 12.3 Å². The van der Waals surface area contributed by atoms with E-state index < -0.39 is 6.04 Å². The molecule has 0 aliphatic carbocycles. The monoisotopic (exact) mass is 376 g/mol. The summed E-state index contributed by atoms with van der Waals surface area (Å²) in [4.78, 5) is 31.1. The number of rotatable bonds is 6. The van der Waals surface area contributed by atoms with E-state index in [1.165, 1.54) is 36.7 Å². The molecule has 1 aliphatic rings. The van der Waals surface area contributed by atoms with Crippen molar-refractivity contribution in [2.24, 2.45) is 5.92 Å². The van der Waals surface area contributed by atoms with Crippen LogP contribution >= 0.6 is 11.3 Å². The molecular weight excluding hydrogens is 352 g/mol. The fourth-order valence-electron chi connectivity index (χ4n) is 2.84. The number of likely N-dealkylation sites (tertiary alicyclic amines) is 1. The molecule has 0 spiro atoms. The molecule has 2 aromatic rings. The molecule has 8 heteroatoms. The Kier molecular flexibility index (Phi) is 6.05.